The molecule has 0 atom stereocenters. The fourth-order valence-corrected chi connectivity index (χ4v) is 3.93. The van der Waals surface area contributed by atoms with Gasteiger partial charge in [-0.25, -0.2) is 15.0 Å². The predicted octanol–water partition coefficient (Wildman–Crippen LogP) is 6.06. The van der Waals surface area contributed by atoms with Crippen molar-refractivity contribution in [1.82, 2.24) is 24.5 Å². The molecule has 0 aliphatic heterocycles. The molecule has 9 nitrogen and oxygen atoms in total. The highest BCUT2D eigenvalue weighted by molar-refractivity contribution is 6.05. The Kier molecular flexibility index (Phi) is 6.91. The van der Waals surface area contributed by atoms with Crippen molar-refractivity contribution in [2.45, 2.75) is 20.0 Å². The average Bonchev–Trinajstić information content (AvgIpc) is 3.36. The molecule has 3 heterocycles. The van der Waals surface area contributed by atoms with Gasteiger partial charge in [0.1, 0.15) is 5.75 Å². The second kappa shape index (κ2) is 10.5. The lowest BCUT2D eigenvalue weighted by atomic mass is 10.1. The summed E-state index contributed by atoms with van der Waals surface area (Å²) in [5.41, 5.74) is 2.52. The van der Waals surface area contributed by atoms with E-state index in [0.29, 0.717) is 22.6 Å². The highest BCUT2D eigenvalue weighted by atomic mass is 19.4. The minimum Gasteiger partial charge on any atom is -0.506 e. The molecule has 0 fully saturated rings. The molecular formula is C28H22F3N7O2. The first kappa shape index (κ1) is 26.4. The standard InChI is InChI=1S/C28H22F3N7O2/c1-16-3-4-18(8-25(16)37-27-33-6-5-24(36-27)19-7-23(39)13-32-12-19)26(40)35-21-9-20(28(29,30)31)10-22(11-21)38-14-17(2)34-15-38/h3-15,39H,1-2H3,(H,35,40)(H,33,36,37). The monoisotopic (exact) mass is 545 g/mol. The number of aromatic nitrogens is 5. The van der Waals surface area contributed by atoms with E-state index < -0.39 is 17.6 Å². The van der Waals surface area contributed by atoms with Crippen LogP contribution >= 0.6 is 0 Å². The molecule has 1 amide bonds. The highest BCUT2D eigenvalue weighted by Crippen LogP contribution is 2.33. The Labute approximate surface area is 226 Å². The zero-order chi connectivity index (χ0) is 28.4. The van der Waals surface area contributed by atoms with E-state index in [1.165, 1.54) is 35.4 Å². The van der Waals surface area contributed by atoms with Crippen LogP contribution in [0.15, 0.2) is 79.6 Å². The summed E-state index contributed by atoms with van der Waals surface area (Å²) in [6, 6.07) is 11.3. The van der Waals surface area contributed by atoms with Crippen LogP contribution < -0.4 is 10.6 Å². The van der Waals surface area contributed by atoms with Gasteiger partial charge in [-0.3, -0.25) is 9.78 Å². The predicted molar refractivity (Wildman–Crippen MR) is 143 cm³/mol. The number of aromatic hydroxyl groups is 1. The van der Waals surface area contributed by atoms with Crippen molar-refractivity contribution in [3.05, 3.63) is 102 Å². The summed E-state index contributed by atoms with van der Waals surface area (Å²) >= 11 is 0. The van der Waals surface area contributed by atoms with Gasteiger partial charge in [0, 0.05) is 46.8 Å². The maximum atomic E-state index is 13.6. The van der Waals surface area contributed by atoms with Crippen molar-refractivity contribution >= 4 is 23.2 Å². The Bertz CT molecular complexity index is 1720. The third-order valence-electron chi connectivity index (χ3n) is 5.93. The van der Waals surface area contributed by atoms with Crippen LogP contribution in [0.4, 0.5) is 30.5 Å². The number of amides is 1. The minimum atomic E-state index is -4.62. The topological polar surface area (TPSA) is 118 Å². The number of hydrogen-bond acceptors (Lipinski definition) is 7. The molecule has 2 aromatic carbocycles. The molecule has 0 radical (unpaired) electrons. The summed E-state index contributed by atoms with van der Waals surface area (Å²) in [6.45, 7) is 3.54. The summed E-state index contributed by atoms with van der Waals surface area (Å²) in [5.74, 6) is -0.372. The number of anilines is 3. The van der Waals surface area contributed by atoms with Crippen molar-refractivity contribution in [1.29, 1.82) is 0 Å². The number of aryl methyl sites for hydroxylation is 2. The van der Waals surface area contributed by atoms with Gasteiger partial charge in [-0.2, -0.15) is 13.2 Å². The number of carbonyl (C=O) groups excluding carboxylic acids is 1. The molecule has 0 aliphatic rings. The largest absolute Gasteiger partial charge is 0.506 e. The average molecular weight is 546 g/mol. The first-order valence-electron chi connectivity index (χ1n) is 11.9. The van der Waals surface area contributed by atoms with Crippen LogP contribution in [-0.2, 0) is 6.18 Å². The van der Waals surface area contributed by atoms with E-state index in [-0.39, 0.29) is 28.6 Å². The summed E-state index contributed by atoms with van der Waals surface area (Å²) in [6.07, 6.45) is 2.77. The maximum absolute atomic E-state index is 13.6. The Hall–Kier alpha value is -5.26. The van der Waals surface area contributed by atoms with Crippen molar-refractivity contribution in [3.8, 4) is 22.7 Å². The van der Waals surface area contributed by atoms with E-state index in [9.17, 15) is 23.1 Å². The second-order valence-corrected chi connectivity index (χ2v) is 8.99. The quantitative estimate of drug-likeness (QED) is 0.237. The van der Waals surface area contributed by atoms with E-state index in [4.69, 9.17) is 0 Å². The third kappa shape index (κ3) is 5.90. The third-order valence-corrected chi connectivity index (χ3v) is 5.93. The number of halogens is 3. The normalized spacial score (nSPS) is 11.3. The van der Waals surface area contributed by atoms with E-state index in [1.807, 2.05) is 6.92 Å². The van der Waals surface area contributed by atoms with Gasteiger partial charge >= 0.3 is 6.18 Å². The number of pyridine rings is 1. The summed E-state index contributed by atoms with van der Waals surface area (Å²) in [5, 5.41) is 15.4. The molecule has 202 valence electrons. The van der Waals surface area contributed by atoms with Crippen LogP contribution in [0.25, 0.3) is 16.9 Å². The molecule has 0 saturated carbocycles. The van der Waals surface area contributed by atoms with Crippen LogP contribution in [-0.4, -0.2) is 35.5 Å². The first-order valence-corrected chi connectivity index (χ1v) is 11.9. The van der Waals surface area contributed by atoms with Gasteiger partial charge in [0.05, 0.1) is 29.5 Å². The zero-order valence-electron chi connectivity index (χ0n) is 21.2. The maximum Gasteiger partial charge on any atom is 0.416 e. The van der Waals surface area contributed by atoms with E-state index in [2.05, 4.69) is 30.6 Å². The fraction of sp³-hybridized carbons (Fsp3) is 0.107. The van der Waals surface area contributed by atoms with Crippen LogP contribution in [0.2, 0.25) is 0 Å². The van der Waals surface area contributed by atoms with Gasteiger partial charge in [0.25, 0.3) is 5.91 Å². The number of alkyl halides is 3. The van der Waals surface area contributed by atoms with Crippen LogP contribution in [0, 0.1) is 13.8 Å². The Morgan fingerprint density at radius 1 is 1.00 bits per heavy atom. The molecule has 3 N–H and O–H groups in total. The van der Waals surface area contributed by atoms with E-state index in [1.54, 1.807) is 43.6 Å². The van der Waals surface area contributed by atoms with Gasteiger partial charge in [-0.05, 0) is 61.9 Å². The number of benzene rings is 2. The molecule has 5 rings (SSSR count). The molecule has 3 aromatic heterocycles. The highest BCUT2D eigenvalue weighted by Gasteiger charge is 2.31. The Morgan fingerprint density at radius 3 is 2.55 bits per heavy atom. The Balaban J connectivity index is 1.41. The first-order chi connectivity index (χ1) is 19.0. The molecule has 5 aromatic rings. The van der Waals surface area contributed by atoms with E-state index >= 15 is 0 Å². The molecule has 0 bridgehead atoms. The van der Waals surface area contributed by atoms with Crippen LogP contribution in [0.5, 0.6) is 5.75 Å². The van der Waals surface area contributed by atoms with E-state index in [0.717, 1.165) is 17.7 Å². The number of imidazole rings is 1. The zero-order valence-corrected chi connectivity index (χ0v) is 21.2. The SMILES string of the molecule is Cc1cn(-c2cc(NC(=O)c3ccc(C)c(Nc4nccc(-c5cncc(O)c5)n4)c3)cc(C(F)(F)F)c2)cn1. The molecule has 0 aliphatic carbocycles. The summed E-state index contributed by atoms with van der Waals surface area (Å²) < 4.78 is 42.3. The van der Waals surface area contributed by atoms with Gasteiger partial charge < -0.3 is 20.3 Å². The second-order valence-electron chi connectivity index (χ2n) is 8.99. The number of hydrogen-bond donors (Lipinski definition) is 3. The lowest BCUT2D eigenvalue weighted by Crippen LogP contribution is -2.14. The van der Waals surface area contributed by atoms with Crippen molar-refractivity contribution in [2.24, 2.45) is 0 Å². The number of nitrogens with zero attached hydrogens (tertiary/aromatic N) is 5. The minimum absolute atomic E-state index is 0.00629. The molecule has 12 heteroatoms. The number of rotatable bonds is 6. The summed E-state index contributed by atoms with van der Waals surface area (Å²) in [4.78, 5) is 29.8. The molecule has 0 saturated heterocycles. The fourth-order valence-electron chi connectivity index (χ4n) is 3.93. The van der Waals surface area contributed by atoms with Gasteiger partial charge in [-0.1, -0.05) is 6.07 Å². The lowest BCUT2D eigenvalue weighted by Gasteiger charge is -2.14. The summed E-state index contributed by atoms with van der Waals surface area (Å²) in [7, 11) is 0. The van der Waals surface area contributed by atoms with Crippen LogP contribution in [0.1, 0.15) is 27.2 Å². The van der Waals surface area contributed by atoms with Crippen molar-refractivity contribution in [3.63, 3.8) is 0 Å². The number of nitrogens with one attached hydrogen (secondary N) is 2. The molecular weight excluding hydrogens is 523 g/mol. The lowest BCUT2D eigenvalue weighted by molar-refractivity contribution is -0.137. The van der Waals surface area contributed by atoms with Crippen LogP contribution in [0.3, 0.4) is 0 Å². The van der Waals surface area contributed by atoms with Crippen molar-refractivity contribution in [2.75, 3.05) is 10.6 Å². The van der Waals surface area contributed by atoms with Crippen molar-refractivity contribution < 1.29 is 23.1 Å². The smallest absolute Gasteiger partial charge is 0.416 e. The van der Waals surface area contributed by atoms with Gasteiger partial charge in [0.15, 0.2) is 0 Å². The number of carbonyl (C=O) groups is 1. The Morgan fingerprint density at radius 2 is 1.82 bits per heavy atom. The molecule has 40 heavy (non-hydrogen) atoms. The van der Waals surface area contributed by atoms with Gasteiger partial charge in [-0.15, -0.1) is 0 Å². The van der Waals surface area contributed by atoms with Gasteiger partial charge in [0.2, 0.25) is 5.95 Å². The molecule has 0 spiro atoms. The molecule has 0 unspecified atom stereocenters.